The van der Waals surface area contributed by atoms with Crippen LogP contribution in [0.2, 0.25) is 0 Å². The number of carbonyl (C=O) groups is 2. The molecule has 1 aromatic carbocycles. The lowest BCUT2D eigenvalue weighted by molar-refractivity contribution is -0.134. The second kappa shape index (κ2) is 8.28. The van der Waals surface area contributed by atoms with Crippen molar-refractivity contribution in [3.63, 3.8) is 0 Å². The molecule has 0 aliphatic heterocycles. The highest BCUT2D eigenvalue weighted by Gasteiger charge is 2.49. The van der Waals surface area contributed by atoms with E-state index >= 15 is 0 Å². The molecule has 0 fully saturated rings. The van der Waals surface area contributed by atoms with Gasteiger partial charge in [0, 0.05) is 29.9 Å². The van der Waals surface area contributed by atoms with Gasteiger partial charge in [0.15, 0.2) is 5.78 Å². The number of allylic oxidation sites excluding steroid dienone is 3. The van der Waals surface area contributed by atoms with Gasteiger partial charge in [0.25, 0.3) is 0 Å². The van der Waals surface area contributed by atoms with Crippen LogP contribution in [0.1, 0.15) is 39.1 Å². The van der Waals surface area contributed by atoms with Gasteiger partial charge in [0.1, 0.15) is 5.60 Å². The molecular weight excluding hydrogens is 398 g/mol. The Kier molecular flexibility index (Phi) is 6.11. The first-order valence-electron chi connectivity index (χ1n) is 9.83. The van der Waals surface area contributed by atoms with Gasteiger partial charge in [-0.1, -0.05) is 32.1 Å². The number of aromatic nitrogens is 1. The van der Waals surface area contributed by atoms with Crippen molar-refractivity contribution in [3.05, 3.63) is 64.2 Å². The number of rotatable bonds is 5. The van der Waals surface area contributed by atoms with E-state index in [2.05, 4.69) is 9.72 Å². The van der Waals surface area contributed by atoms with E-state index in [1.807, 2.05) is 45.0 Å². The van der Waals surface area contributed by atoms with E-state index in [0.29, 0.717) is 23.1 Å². The number of hydrogen-bond donors (Lipinski definition) is 1. The number of carbonyl (C=O) groups excluding carboxylic acids is 2. The lowest BCUT2D eigenvalue weighted by Crippen LogP contribution is -2.49. The summed E-state index contributed by atoms with van der Waals surface area (Å²) in [6, 6.07) is 7.88. The number of ether oxygens (including phenoxy) is 1. The van der Waals surface area contributed by atoms with Crippen molar-refractivity contribution in [2.45, 2.75) is 46.1 Å². The summed E-state index contributed by atoms with van der Waals surface area (Å²) in [5, 5.41) is 12.5. The maximum Gasteiger partial charge on any atom is 0.330 e. The van der Waals surface area contributed by atoms with E-state index < -0.39 is 17.0 Å². The summed E-state index contributed by atoms with van der Waals surface area (Å²) >= 11 is 1.56. The molecule has 2 aromatic rings. The summed E-state index contributed by atoms with van der Waals surface area (Å²) in [6.45, 7) is 7.34. The molecule has 0 saturated heterocycles. The zero-order chi connectivity index (χ0) is 22.1. The van der Waals surface area contributed by atoms with E-state index in [1.165, 1.54) is 13.2 Å². The molecule has 1 aliphatic rings. The normalized spacial score (nSPS) is 22.2. The number of aliphatic hydroxyl groups is 1. The van der Waals surface area contributed by atoms with Gasteiger partial charge >= 0.3 is 5.97 Å². The fraction of sp³-hybridized carbons (Fsp3) is 0.375. The van der Waals surface area contributed by atoms with Gasteiger partial charge in [-0.15, -0.1) is 11.3 Å². The molecule has 0 spiro atoms. The van der Waals surface area contributed by atoms with Gasteiger partial charge in [-0.05, 0) is 43.2 Å². The van der Waals surface area contributed by atoms with Gasteiger partial charge in [0.2, 0.25) is 0 Å². The third-order valence-electron chi connectivity index (χ3n) is 5.80. The van der Waals surface area contributed by atoms with E-state index in [-0.39, 0.29) is 12.2 Å². The Balaban J connectivity index is 2.00. The molecule has 1 aromatic heterocycles. The smallest absolute Gasteiger partial charge is 0.330 e. The first kappa shape index (κ1) is 22.1. The third-order valence-corrected chi connectivity index (χ3v) is 6.83. The number of methoxy groups -OCH3 is 1. The van der Waals surface area contributed by atoms with E-state index in [9.17, 15) is 14.7 Å². The van der Waals surface area contributed by atoms with Gasteiger partial charge in [0.05, 0.1) is 22.3 Å². The number of nitrogens with zero attached hydrogens (tertiary/aromatic N) is 1. The fourth-order valence-electron chi connectivity index (χ4n) is 3.86. The van der Waals surface area contributed by atoms with Gasteiger partial charge < -0.3 is 9.84 Å². The van der Waals surface area contributed by atoms with Crippen molar-refractivity contribution in [2.24, 2.45) is 5.41 Å². The quantitative estimate of drug-likeness (QED) is 0.432. The zero-order valence-corrected chi connectivity index (χ0v) is 18.8. The second-order valence-electron chi connectivity index (χ2n) is 8.35. The largest absolute Gasteiger partial charge is 0.466 e. The van der Waals surface area contributed by atoms with Crippen LogP contribution in [-0.4, -0.2) is 34.6 Å². The van der Waals surface area contributed by atoms with Gasteiger partial charge in [-0.3, -0.25) is 4.79 Å². The van der Waals surface area contributed by atoms with Crippen LogP contribution in [0.3, 0.4) is 0 Å². The predicted molar refractivity (Wildman–Crippen MR) is 119 cm³/mol. The number of para-hydroxylation sites is 1. The molecule has 5 nitrogen and oxygen atoms in total. The summed E-state index contributed by atoms with van der Waals surface area (Å²) < 4.78 is 5.73. The number of thiazole rings is 1. The number of benzene rings is 1. The highest BCUT2D eigenvalue weighted by molar-refractivity contribution is 7.18. The Morgan fingerprint density at radius 2 is 2.03 bits per heavy atom. The first-order chi connectivity index (χ1) is 14.1. The number of esters is 1. The van der Waals surface area contributed by atoms with Crippen LogP contribution in [0.25, 0.3) is 10.2 Å². The standard InChI is InChI=1S/C24H27NO4S/c1-15(12-22(27)29-5)10-11-24(28)16(2)17(19(26)14-23(24,3)4)13-21-25-18-8-6-7-9-20(18)30-21/h6-12,28H,13-14H2,1-5H3/b11-10+,15-12-/t24-/m1/s1. The van der Waals surface area contributed by atoms with Crippen LogP contribution in [0, 0.1) is 5.41 Å². The van der Waals surface area contributed by atoms with Crippen LogP contribution in [0.4, 0.5) is 0 Å². The Morgan fingerprint density at radius 3 is 2.70 bits per heavy atom. The van der Waals surface area contributed by atoms with Crippen LogP contribution in [0.15, 0.2) is 59.2 Å². The molecule has 1 aliphatic carbocycles. The topological polar surface area (TPSA) is 76.5 Å². The number of Topliss-reactive ketones (excluding diaryl/α,β-unsaturated/α-hetero) is 1. The van der Waals surface area contributed by atoms with Crippen LogP contribution >= 0.6 is 11.3 Å². The third kappa shape index (κ3) is 4.16. The lowest BCUT2D eigenvalue weighted by Gasteiger charge is -2.45. The Bertz CT molecular complexity index is 1060. The van der Waals surface area contributed by atoms with Crippen molar-refractivity contribution < 1.29 is 19.4 Å². The maximum atomic E-state index is 13.0. The molecule has 0 saturated carbocycles. The van der Waals surface area contributed by atoms with Crippen molar-refractivity contribution in [3.8, 4) is 0 Å². The molecule has 3 rings (SSSR count). The first-order valence-corrected chi connectivity index (χ1v) is 10.6. The Labute approximate surface area is 180 Å². The monoisotopic (exact) mass is 425 g/mol. The average Bonchev–Trinajstić information content (AvgIpc) is 3.10. The lowest BCUT2D eigenvalue weighted by atomic mass is 9.62. The summed E-state index contributed by atoms with van der Waals surface area (Å²) in [6.07, 6.45) is 5.37. The fourth-order valence-corrected chi connectivity index (χ4v) is 4.84. The Morgan fingerprint density at radius 1 is 1.33 bits per heavy atom. The highest BCUT2D eigenvalue weighted by Crippen LogP contribution is 2.47. The molecule has 158 valence electrons. The average molecular weight is 426 g/mol. The second-order valence-corrected chi connectivity index (χ2v) is 9.47. The van der Waals surface area contributed by atoms with E-state index in [1.54, 1.807) is 30.4 Å². The number of hydrogen-bond acceptors (Lipinski definition) is 6. The molecule has 1 heterocycles. The van der Waals surface area contributed by atoms with Gasteiger partial charge in [-0.2, -0.15) is 0 Å². The minimum Gasteiger partial charge on any atom is -0.466 e. The van der Waals surface area contributed by atoms with Crippen LogP contribution < -0.4 is 0 Å². The van der Waals surface area contributed by atoms with Crippen LogP contribution in [0.5, 0.6) is 0 Å². The molecule has 0 amide bonds. The highest BCUT2D eigenvalue weighted by atomic mass is 32.1. The molecule has 0 bridgehead atoms. The SMILES string of the molecule is COC(=O)/C=C(C)\C=C\[C@@]1(O)C(C)=C(Cc2nc3ccccc3s2)C(=O)CC1(C)C. The summed E-state index contributed by atoms with van der Waals surface area (Å²) in [7, 11) is 1.32. The van der Waals surface area contributed by atoms with Crippen molar-refractivity contribution in [1.82, 2.24) is 4.98 Å². The molecule has 30 heavy (non-hydrogen) atoms. The molecule has 0 radical (unpaired) electrons. The predicted octanol–water partition coefficient (Wildman–Crippen LogP) is 4.56. The molecular formula is C24H27NO4S. The maximum absolute atomic E-state index is 13.0. The van der Waals surface area contributed by atoms with Gasteiger partial charge in [-0.25, -0.2) is 9.78 Å². The minimum atomic E-state index is -1.32. The zero-order valence-electron chi connectivity index (χ0n) is 18.0. The summed E-state index contributed by atoms with van der Waals surface area (Å²) in [4.78, 5) is 29.1. The van der Waals surface area contributed by atoms with Crippen molar-refractivity contribution in [1.29, 1.82) is 0 Å². The molecule has 6 heteroatoms. The Hall–Kier alpha value is -2.57. The van der Waals surface area contributed by atoms with E-state index in [4.69, 9.17) is 0 Å². The van der Waals surface area contributed by atoms with Crippen LogP contribution in [-0.2, 0) is 20.7 Å². The van der Waals surface area contributed by atoms with Crippen molar-refractivity contribution in [2.75, 3.05) is 7.11 Å². The van der Waals surface area contributed by atoms with Crippen molar-refractivity contribution >= 4 is 33.3 Å². The number of ketones is 1. The molecule has 1 N–H and O–H groups in total. The number of fused-ring (bicyclic) bond motifs is 1. The minimum absolute atomic E-state index is 0.0386. The molecule has 1 atom stereocenters. The van der Waals surface area contributed by atoms with E-state index in [0.717, 1.165) is 15.2 Å². The molecule has 0 unspecified atom stereocenters. The summed E-state index contributed by atoms with van der Waals surface area (Å²) in [5.41, 5.74) is 0.799. The summed E-state index contributed by atoms with van der Waals surface area (Å²) in [5.74, 6) is -0.414.